The minimum absolute atomic E-state index is 0.0254. The van der Waals surface area contributed by atoms with E-state index in [2.05, 4.69) is 15.6 Å². The molecule has 0 saturated carbocycles. The molecule has 7 heteroatoms. The van der Waals surface area contributed by atoms with Crippen molar-refractivity contribution in [2.75, 3.05) is 0 Å². The molecule has 1 aromatic rings. The maximum atomic E-state index is 12.3. The Labute approximate surface area is 112 Å². The number of aromatic nitrogens is 2. The average molecular weight is 267 g/mol. The van der Waals surface area contributed by atoms with Gasteiger partial charge in [-0.25, -0.2) is 0 Å². The first kappa shape index (κ1) is 15.0. The van der Waals surface area contributed by atoms with Gasteiger partial charge in [0, 0.05) is 12.7 Å². The summed E-state index contributed by atoms with van der Waals surface area (Å²) in [5.74, 6) is -0.304. The number of oxime groups is 1. The highest BCUT2D eigenvalue weighted by Crippen LogP contribution is 2.15. The number of hydrogen-bond acceptors (Lipinski definition) is 4. The van der Waals surface area contributed by atoms with Gasteiger partial charge in [0.25, 0.3) is 5.91 Å². The Morgan fingerprint density at radius 2 is 2.16 bits per heavy atom. The number of nitrogens with zero attached hydrogens (tertiary/aromatic N) is 3. The van der Waals surface area contributed by atoms with Gasteiger partial charge < -0.3 is 16.3 Å². The Morgan fingerprint density at radius 3 is 2.53 bits per heavy atom. The van der Waals surface area contributed by atoms with Crippen LogP contribution in [0.3, 0.4) is 0 Å². The van der Waals surface area contributed by atoms with Crippen molar-refractivity contribution in [3.05, 3.63) is 17.0 Å². The molecule has 106 valence electrons. The molecular formula is C12H21N5O2. The molecule has 1 amide bonds. The summed E-state index contributed by atoms with van der Waals surface area (Å²) >= 11 is 0. The lowest BCUT2D eigenvalue weighted by atomic mass is 9.96. The fourth-order valence-electron chi connectivity index (χ4n) is 1.86. The molecule has 4 N–H and O–H groups in total. The van der Waals surface area contributed by atoms with Crippen molar-refractivity contribution in [1.82, 2.24) is 15.1 Å². The van der Waals surface area contributed by atoms with Crippen LogP contribution in [0.1, 0.15) is 42.0 Å². The van der Waals surface area contributed by atoms with Gasteiger partial charge >= 0.3 is 0 Å². The Morgan fingerprint density at radius 1 is 1.58 bits per heavy atom. The average Bonchev–Trinajstić information content (AvgIpc) is 2.61. The molecule has 1 aromatic heterocycles. The molecule has 0 fully saturated rings. The second-order valence-corrected chi connectivity index (χ2v) is 4.79. The van der Waals surface area contributed by atoms with Crippen LogP contribution in [0.2, 0.25) is 0 Å². The molecule has 0 aliphatic heterocycles. The number of amidine groups is 1. The summed E-state index contributed by atoms with van der Waals surface area (Å²) in [4.78, 5) is 12.3. The Hall–Kier alpha value is -2.05. The van der Waals surface area contributed by atoms with Crippen LogP contribution in [0.15, 0.2) is 5.16 Å². The minimum atomic E-state index is -0.888. The Balaban J connectivity index is 3.09. The first-order valence-corrected chi connectivity index (χ1v) is 6.07. The standard InChI is InChI=1S/C12H21N5O2/c1-6-12(4,11(13)16-19)14-10(18)9-7(2)15-17(5)8(9)3/h19H,6H2,1-5H3,(H2,13,16)(H,14,18). The zero-order valence-corrected chi connectivity index (χ0v) is 12.0. The Kier molecular flexibility index (Phi) is 4.18. The highest BCUT2D eigenvalue weighted by Gasteiger charge is 2.31. The third-order valence-corrected chi connectivity index (χ3v) is 3.51. The van der Waals surface area contributed by atoms with Crippen molar-refractivity contribution in [3.8, 4) is 0 Å². The van der Waals surface area contributed by atoms with Crippen molar-refractivity contribution in [1.29, 1.82) is 0 Å². The second kappa shape index (κ2) is 5.29. The van der Waals surface area contributed by atoms with Crippen molar-refractivity contribution in [2.24, 2.45) is 17.9 Å². The van der Waals surface area contributed by atoms with Crippen LogP contribution in [0, 0.1) is 13.8 Å². The number of aryl methyl sites for hydroxylation is 2. The molecule has 0 aliphatic carbocycles. The second-order valence-electron chi connectivity index (χ2n) is 4.79. The summed E-state index contributed by atoms with van der Waals surface area (Å²) in [6, 6.07) is 0. The van der Waals surface area contributed by atoms with Crippen molar-refractivity contribution >= 4 is 11.7 Å². The molecular weight excluding hydrogens is 246 g/mol. The lowest BCUT2D eigenvalue weighted by Gasteiger charge is -2.28. The van der Waals surface area contributed by atoms with Gasteiger partial charge in [-0.15, -0.1) is 0 Å². The monoisotopic (exact) mass is 267 g/mol. The quantitative estimate of drug-likeness (QED) is 0.323. The van der Waals surface area contributed by atoms with Gasteiger partial charge in [0.2, 0.25) is 0 Å². The molecule has 0 aliphatic rings. The SMILES string of the molecule is CCC(C)(NC(=O)c1c(C)nn(C)c1C)/C(N)=N/O. The molecule has 0 spiro atoms. The van der Waals surface area contributed by atoms with E-state index in [1.807, 2.05) is 13.8 Å². The van der Waals surface area contributed by atoms with E-state index in [0.29, 0.717) is 17.7 Å². The topological polar surface area (TPSA) is 106 Å². The molecule has 0 saturated heterocycles. The third kappa shape index (κ3) is 2.69. The summed E-state index contributed by atoms with van der Waals surface area (Å²) in [5.41, 5.74) is 6.69. The Bertz CT molecular complexity index is 520. The zero-order chi connectivity index (χ0) is 14.8. The van der Waals surface area contributed by atoms with Crippen LogP contribution < -0.4 is 11.1 Å². The van der Waals surface area contributed by atoms with Crippen molar-refractivity contribution in [3.63, 3.8) is 0 Å². The van der Waals surface area contributed by atoms with Crippen LogP contribution in [-0.4, -0.2) is 32.3 Å². The summed E-state index contributed by atoms with van der Waals surface area (Å²) in [7, 11) is 1.78. The van der Waals surface area contributed by atoms with Gasteiger partial charge in [0.1, 0.15) is 0 Å². The van der Waals surface area contributed by atoms with Crippen LogP contribution in [0.4, 0.5) is 0 Å². The van der Waals surface area contributed by atoms with E-state index < -0.39 is 5.54 Å². The molecule has 1 heterocycles. The highest BCUT2D eigenvalue weighted by atomic mass is 16.4. The largest absolute Gasteiger partial charge is 0.409 e. The number of nitrogens with one attached hydrogen (secondary N) is 1. The molecule has 0 aromatic carbocycles. The summed E-state index contributed by atoms with van der Waals surface area (Å²) in [5, 5.41) is 18.8. The van der Waals surface area contributed by atoms with Gasteiger partial charge in [-0.3, -0.25) is 9.48 Å². The van der Waals surface area contributed by atoms with E-state index in [1.54, 1.807) is 25.6 Å². The summed E-state index contributed by atoms with van der Waals surface area (Å²) in [6.07, 6.45) is 0.507. The minimum Gasteiger partial charge on any atom is -0.409 e. The molecule has 7 nitrogen and oxygen atoms in total. The molecule has 1 unspecified atom stereocenters. The van der Waals surface area contributed by atoms with Gasteiger partial charge in [-0.1, -0.05) is 12.1 Å². The third-order valence-electron chi connectivity index (χ3n) is 3.51. The van der Waals surface area contributed by atoms with Crippen molar-refractivity contribution in [2.45, 2.75) is 39.7 Å². The molecule has 19 heavy (non-hydrogen) atoms. The zero-order valence-electron chi connectivity index (χ0n) is 12.0. The van der Waals surface area contributed by atoms with Gasteiger partial charge in [-0.05, 0) is 27.2 Å². The van der Waals surface area contributed by atoms with Crippen LogP contribution in [0.25, 0.3) is 0 Å². The first-order valence-electron chi connectivity index (χ1n) is 6.07. The van der Waals surface area contributed by atoms with Gasteiger partial charge in [0.15, 0.2) is 5.84 Å². The predicted octanol–water partition coefficient (Wildman–Crippen LogP) is 0.682. The van der Waals surface area contributed by atoms with Crippen LogP contribution in [0.5, 0.6) is 0 Å². The van der Waals surface area contributed by atoms with E-state index in [4.69, 9.17) is 10.9 Å². The number of carbonyl (C=O) groups is 1. The predicted molar refractivity (Wildman–Crippen MR) is 72.3 cm³/mol. The van der Waals surface area contributed by atoms with Crippen molar-refractivity contribution < 1.29 is 10.0 Å². The summed E-state index contributed by atoms with van der Waals surface area (Å²) < 4.78 is 1.65. The number of nitrogens with two attached hydrogens (primary N) is 1. The van der Waals surface area contributed by atoms with Gasteiger partial charge in [-0.2, -0.15) is 5.10 Å². The normalized spacial score (nSPS) is 15.1. The fourth-order valence-corrected chi connectivity index (χ4v) is 1.86. The van der Waals surface area contributed by atoms with E-state index in [-0.39, 0.29) is 11.7 Å². The van der Waals surface area contributed by atoms with E-state index >= 15 is 0 Å². The summed E-state index contributed by atoms with van der Waals surface area (Å²) in [6.45, 7) is 7.15. The molecule has 0 radical (unpaired) electrons. The number of hydrogen-bond donors (Lipinski definition) is 3. The number of rotatable bonds is 4. The smallest absolute Gasteiger partial charge is 0.255 e. The van der Waals surface area contributed by atoms with E-state index in [1.165, 1.54) is 0 Å². The lowest BCUT2D eigenvalue weighted by molar-refractivity contribution is 0.0923. The molecule has 1 atom stereocenters. The van der Waals surface area contributed by atoms with E-state index in [9.17, 15) is 4.79 Å². The molecule has 0 bridgehead atoms. The van der Waals surface area contributed by atoms with Crippen LogP contribution in [-0.2, 0) is 7.05 Å². The maximum absolute atomic E-state index is 12.3. The fraction of sp³-hybridized carbons (Fsp3) is 0.583. The van der Waals surface area contributed by atoms with E-state index in [0.717, 1.165) is 5.69 Å². The lowest BCUT2D eigenvalue weighted by Crippen LogP contribution is -2.55. The number of amides is 1. The first-order chi connectivity index (χ1) is 8.76. The van der Waals surface area contributed by atoms with Crippen LogP contribution >= 0.6 is 0 Å². The number of carbonyl (C=O) groups excluding carboxylic acids is 1. The maximum Gasteiger partial charge on any atom is 0.255 e. The highest BCUT2D eigenvalue weighted by molar-refractivity contribution is 6.01. The molecule has 1 rings (SSSR count). The van der Waals surface area contributed by atoms with Gasteiger partial charge in [0.05, 0.1) is 16.8 Å².